The summed E-state index contributed by atoms with van der Waals surface area (Å²) in [6.07, 6.45) is 4.53. The Morgan fingerprint density at radius 3 is 2.48 bits per heavy atom. The van der Waals surface area contributed by atoms with Crippen LogP contribution in [0.4, 0.5) is 5.69 Å². The molecule has 1 aromatic carbocycles. The summed E-state index contributed by atoms with van der Waals surface area (Å²) in [5, 5.41) is 13.3. The highest BCUT2D eigenvalue weighted by Crippen LogP contribution is 2.31. The minimum Gasteiger partial charge on any atom is -0.389 e. The summed E-state index contributed by atoms with van der Waals surface area (Å²) in [4.78, 5) is 25.8. The lowest BCUT2D eigenvalue weighted by atomic mass is 9.82. The Kier molecular flexibility index (Phi) is 5.42. The van der Waals surface area contributed by atoms with Crippen molar-refractivity contribution >= 4 is 17.5 Å². The summed E-state index contributed by atoms with van der Waals surface area (Å²) >= 11 is 0. The van der Waals surface area contributed by atoms with Crippen molar-refractivity contribution in [3.63, 3.8) is 0 Å². The molecular weight excluding hydrogens is 292 g/mol. The van der Waals surface area contributed by atoms with Gasteiger partial charge in [0.25, 0.3) is 5.91 Å². The van der Waals surface area contributed by atoms with Gasteiger partial charge in [-0.05, 0) is 37.5 Å². The molecule has 0 unspecified atom stereocenters. The van der Waals surface area contributed by atoms with Crippen LogP contribution in [0.2, 0.25) is 0 Å². The number of nitrogens with zero attached hydrogens (tertiary/aromatic N) is 1. The second-order valence-electron chi connectivity index (χ2n) is 6.74. The average molecular weight is 318 g/mol. The first-order valence-electron chi connectivity index (χ1n) is 8.15. The zero-order valence-corrected chi connectivity index (χ0v) is 14.2. The zero-order chi connectivity index (χ0) is 17.0. The van der Waals surface area contributed by atoms with Crippen molar-refractivity contribution in [2.75, 3.05) is 19.4 Å². The Hall–Kier alpha value is -1.88. The number of nitrogens with one attached hydrogen (secondary N) is 1. The van der Waals surface area contributed by atoms with Crippen molar-refractivity contribution in [3.8, 4) is 0 Å². The van der Waals surface area contributed by atoms with Crippen molar-refractivity contribution in [2.24, 2.45) is 0 Å². The van der Waals surface area contributed by atoms with Crippen LogP contribution in [0.1, 0.15) is 54.4 Å². The van der Waals surface area contributed by atoms with Gasteiger partial charge in [-0.3, -0.25) is 9.59 Å². The fourth-order valence-corrected chi connectivity index (χ4v) is 3.03. The number of rotatable bonds is 4. The maximum atomic E-state index is 12.3. The third-order valence-corrected chi connectivity index (χ3v) is 4.44. The molecule has 1 aromatic rings. The molecule has 2 N–H and O–H groups in total. The minimum atomic E-state index is -0.882. The third kappa shape index (κ3) is 4.55. The predicted molar refractivity (Wildman–Crippen MR) is 90.5 cm³/mol. The van der Waals surface area contributed by atoms with Crippen LogP contribution in [-0.2, 0) is 4.79 Å². The lowest BCUT2D eigenvalue weighted by Crippen LogP contribution is -2.36. The number of aryl methyl sites for hydroxylation is 1. The normalized spacial score (nSPS) is 16.7. The highest BCUT2D eigenvalue weighted by molar-refractivity contribution is 5.97. The van der Waals surface area contributed by atoms with Crippen molar-refractivity contribution in [1.29, 1.82) is 0 Å². The monoisotopic (exact) mass is 318 g/mol. The van der Waals surface area contributed by atoms with Crippen molar-refractivity contribution < 1.29 is 14.7 Å². The van der Waals surface area contributed by atoms with E-state index >= 15 is 0 Å². The van der Waals surface area contributed by atoms with Crippen LogP contribution in [0.5, 0.6) is 0 Å². The summed E-state index contributed by atoms with van der Waals surface area (Å²) in [6, 6.07) is 5.27. The molecule has 0 saturated heterocycles. The van der Waals surface area contributed by atoms with Crippen molar-refractivity contribution in [2.45, 2.75) is 51.0 Å². The first-order valence-corrected chi connectivity index (χ1v) is 8.15. The van der Waals surface area contributed by atoms with E-state index in [1.165, 1.54) is 4.90 Å². The number of hydrogen-bond acceptors (Lipinski definition) is 3. The molecule has 0 heterocycles. The average Bonchev–Trinajstić information content (AvgIpc) is 2.48. The number of carbonyl (C=O) groups is 2. The van der Waals surface area contributed by atoms with E-state index in [4.69, 9.17) is 0 Å². The summed E-state index contributed by atoms with van der Waals surface area (Å²) in [6.45, 7) is 1.88. The predicted octanol–water partition coefficient (Wildman–Crippen LogP) is 2.72. The molecule has 1 saturated carbocycles. The Labute approximate surface area is 137 Å². The summed E-state index contributed by atoms with van der Waals surface area (Å²) in [7, 11) is 3.39. The molecular formula is C18H26N2O3. The fourth-order valence-electron chi connectivity index (χ4n) is 3.03. The maximum Gasteiger partial charge on any atom is 0.253 e. The van der Waals surface area contributed by atoms with Gasteiger partial charge in [0.1, 0.15) is 0 Å². The van der Waals surface area contributed by atoms with E-state index in [9.17, 15) is 14.7 Å². The number of benzene rings is 1. The van der Waals surface area contributed by atoms with E-state index in [1.54, 1.807) is 26.2 Å². The Balaban J connectivity index is 2.08. The van der Waals surface area contributed by atoms with Crippen LogP contribution < -0.4 is 5.32 Å². The molecule has 0 aromatic heterocycles. The van der Waals surface area contributed by atoms with E-state index in [0.29, 0.717) is 24.1 Å². The third-order valence-electron chi connectivity index (χ3n) is 4.44. The molecule has 126 valence electrons. The van der Waals surface area contributed by atoms with E-state index < -0.39 is 5.60 Å². The van der Waals surface area contributed by atoms with E-state index in [1.807, 2.05) is 13.0 Å². The maximum absolute atomic E-state index is 12.3. The first-order chi connectivity index (χ1) is 10.8. The summed E-state index contributed by atoms with van der Waals surface area (Å²) in [5.74, 6) is -0.307. The van der Waals surface area contributed by atoms with E-state index in [-0.39, 0.29) is 18.2 Å². The number of amides is 2. The van der Waals surface area contributed by atoms with Crippen LogP contribution in [0.25, 0.3) is 0 Å². The quantitative estimate of drug-likeness (QED) is 0.897. The molecule has 1 fully saturated rings. The van der Waals surface area contributed by atoms with Crippen molar-refractivity contribution in [3.05, 3.63) is 29.3 Å². The van der Waals surface area contributed by atoms with Crippen LogP contribution in [0.15, 0.2) is 18.2 Å². The lowest BCUT2D eigenvalue weighted by Gasteiger charge is -2.31. The number of hydrogen-bond donors (Lipinski definition) is 2. The molecule has 0 aliphatic heterocycles. The molecule has 1 aliphatic carbocycles. The van der Waals surface area contributed by atoms with Crippen LogP contribution in [0.3, 0.4) is 0 Å². The van der Waals surface area contributed by atoms with Crippen LogP contribution >= 0.6 is 0 Å². The van der Waals surface area contributed by atoms with Gasteiger partial charge in [0.15, 0.2) is 0 Å². The molecule has 1 aliphatic rings. The van der Waals surface area contributed by atoms with Gasteiger partial charge in [-0.2, -0.15) is 0 Å². The van der Waals surface area contributed by atoms with Crippen molar-refractivity contribution in [1.82, 2.24) is 4.90 Å². The summed E-state index contributed by atoms with van der Waals surface area (Å²) in [5.41, 5.74) is 1.17. The largest absolute Gasteiger partial charge is 0.389 e. The van der Waals surface area contributed by atoms with Gasteiger partial charge in [0, 0.05) is 25.3 Å². The number of carbonyl (C=O) groups excluding carboxylic acids is 2. The van der Waals surface area contributed by atoms with Gasteiger partial charge in [0.05, 0.1) is 12.0 Å². The topological polar surface area (TPSA) is 69.6 Å². The first kappa shape index (κ1) is 17.5. The van der Waals surface area contributed by atoms with Gasteiger partial charge in [-0.15, -0.1) is 0 Å². The molecule has 2 amide bonds. The lowest BCUT2D eigenvalue weighted by molar-refractivity contribution is -0.122. The van der Waals surface area contributed by atoms with Gasteiger partial charge < -0.3 is 15.3 Å². The van der Waals surface area contributed by atoms with Gasteiger partial charge >= 0.3 is 0 Å². The van der Waals surface area contributed by atoms with Gasteiger partial charge in [-0.1, -0.05) is 25.3 Å². The van der Waals surface area contributed by atoms with E-state index in [0.717, 1.165) is 24.8 Å². The van der Waals surface area contributed by atoms with Crippen LogP contribution in [-0.4, -0.2) is 41.5 Å². The molecule has 0 atom stereocenters. The van der Waals surface area contributed by atoms with Gasteiger partial charge in [0.2, 0.25) is 5.91 Å². The second kappa shape index (κ2) is 7.13. The van der Waals surface area contributed by atoms with E-state index in [2.05, 4.69) is 5.32 Å². The Bertz CT molecular complexity index is 590. The highest BCUT2D eigenvalue weighted by Gasteiger charge is 2.31. The molecule has 2 rings (SSSR count). The van der Waals surface area contributed by atoms with Gasteiger partial charge in [-0.25, -0.2) is 0 Å². The molecule has 0 radical (unpaired) electrons. The second-order valence-corrected chi connectivity index (χ2v) is 6.74. The zero-order valence-electron chi connectivity index (χ0n) is 14.2. The smallest absolute Gasteiger partial charge is 0.253 e. The molecule has 0 spiro atoms. The van der Waals surface area contributed by atoms with Crippen LogP contribution in [0, 0.1) is 6.92 Å². The molecule has 23 heavy (non-hydrogen) atoms. The standard InChI is InChI=1S/C18H26N2O3/c1-13-7-8-14(17(22)20(2)3)11-15(13)19-16(21)12-18(23)9-5-4-6-10-18/h7-8,11,23H,4-6,9-10,12H2,1-3H3,(H,19,21). The summed E-state index contributed by atoms with van der Waals surface area (Å²) < 4.78 is 0. The minimum absolute atomic E-state index is 0.105. The molecule has 0 bridgehead atoms. The fraction of sp³-hybridized carbons (Fsp3) is 0.556. The highest BCUT2D eigenvalue weighted by atomic mass is 16.3. The Morgan fingerprint density at radius 1 is 1.22 bits per heavy atom. The molecule has 5 nitrogen and oxygen atoms in total. The number of aliphatic hydroxyl groups is 1. The molecule has 5 heteroatoms. The number of anilines is 1. The SMILES string of the molecule is Cc1ccc(C(=O)N(C)C)cc1NC(=O)CC1(O)CCCCC1. The Morgan fingerprint density at radius 2 is 1.87 bits per heavy atom.